The molecule has 2 aromatic rings. The summed E-state index contributed by atoms with van der Waals surface area (Å²) < 4.78 is 0. The van der Waals surface area contributed by atoms with Crippen molar-refractivity contribution in [2.75, 3.05) is 24.2 Å². The van der Waals surface area contributed by atoms with Crippen molar-refractivity contribution in [3.8, 4) is 0 Å². The third-order valence-corrected chi connectivity index (χ3v) is 4.13. The molecule has 0 atom stereocenters. The van der Waals surface area contributed by atoms with Crippen LogP contribution in [0.25, 0.3) is 0 Å². The van der Waals surface area contributed by atoms with E-state index in [1.807, 2.05) is 36.2 Å². The number of anilines is 2. The van der Waals surface area contributed by atoms with Gasteiger partial charge in [-0.2, -0.15) is 0 Å². The molecule has 21 heavy (non-hydrogen) atoms. The minimum atomic E-state index is -0.171. The summed E-state index contributed by atoms with van der Waals surface area (Å²) in [6.45, 7) is 4.66. The van der Waals surface area contributed by atoms with Crippen LogP contribution in [0.15, 0.2) is 43.1 Å². The number of pyridine rings is 1. The summed E-state index contributed by atoms with van der Waals surface area (Å²) in [4.78, 5) is 18.8. The molecule has 0 bridgehead atoms. The lowest BCUT2D eigenvalue weighted by molar-refractivity contribution is 0.0963. The molecule has 0 radical (unpaired) electrons. The first-order chi connectivity index (χ1) is 10.1. The minimum absolute atomic E-state index is 0.171. The minimum Gasteiger partial charge on any atom is -0.397 e. The number of carbonyl (C=O) groups is 1. The Hall–Kier alpha value is -2.34. The van der Waals surface area contributed by atoms with Gasteiger partial charge in [0, 0.05) is 19.8 Å². The average molecular weight is 302 g/mol. The zero-order chi connectivity index (χ0) is 15.2. The van der Waals surface area contributed by atoms with Gasteiger partial charge in [0.1, 0.15) is 4.88 Å². The number of aromatic nitrogens is 1. The van der Waals surface area contributed by atoms with Gasteiger partial charge >= 0.3 is 0 Å². The molecule has 0 unspecified atom stereocenters. The summed E-state index contributed by atoms with van der Waals surface area (Å²) in [7, 11) is 1.95. The van der Waals surface area contributed by atoms with Crippen molar-refractivity contribution in [1.29, 1.82) is 0 Å². The molecule has 5 nitrogen and oxygen atoms in total. The van der Waals surface area contributed by atoms with Crippen LogP contribution in [0.3, 0.4) is 0 Å². The molecule has 0 aromatic carbocycles. The van der Waals surface area contributed by atoms with Crippen molar-refractivity contribution in [2.24, 2.45) is 0 Å². The smallest absolute Gasteiger partial charge is 0.263 e. The van der Waals surface area contributed by atoms with E-state index in [1.54, 1.807) is 12.3 Å². The number of nitrogens with one attached hydrogen (secondary N) is 1. The summed E-state index contributed by atoms with van der Waals surface area (Å²) in [5.74, 6) is -0.171. The van der Waals surface area contributed by atoms with Gasteiger partial charge in [-0.1, -0.05) is 12.1 Å². The highest BCUT2D eigenvalue weighted by atomic mass is 32.1. The van der Waals surface area contributed by atoms with Crippen LogP contribution in [-0.2, 0) is 6.54 Å². The van der Waals surface area contributed by atoms with E-state index in [1.165, 1.54) is 11.3 Å². The van der Waals surface area contributed by atoms with Crippen molar-refractivity contribution >= 4 is 27.9 Å². The molecular weight excluding hydrogens is 284 g/mol. The van der Waals surface area contributed by atoms with E-state index < -0.39 is 0 Å². The van der Waals surface area contributed by atoms with Crippen LogP contribution in [0.5, 0.6) is 0 Å². The highest BCUT2D eigenvalue weighted by Crippen LogP contribution is 2.32. The number of hydrogen-bond donors (Lipinski definition) is 2. The summed E-state index contributed by atoms with van der Waals surface area (Å²) in [5, 5.41) is 3.67. The first kappa shape index (κ1) is 15.1. The van der Waals surface area contributed by atoms with Gasteiger partial charge in [0.25, 0.3) is 5.91 Å². The summed E-state index contributed by atoms with van der Waals surface area (Å²) in [6, 6.07) is 7.61. The average Bonchev–Trinajstić information content (AvgIpc) is 2.88. The number of rotatable bonds is 6. The van der Waals surface area contributed by atoms with E-state index in [2.05, 4.69) is 16.9 Å². The Bertz CT molecular complexity index is 624. The van der Waals surface area contributed by atoms with Crippen LogP contribution in [0.2, 0.25) is 0 Å². The van der Waals surface area contributed by atoms with Gasteiger partial charge in [0.2, 0.25) is 0 Å². The second kappa shape index (κ2) is 6.90. The lowest BCUT2D eigenvalue weighted by Crippen LogP contribution is -2.22. The molecular formula is C15H18N4OS. The Morgan fingerprint density at radius 2 is 2.38 bits per heavy atom. The topological polar surface area (TPSA) is 71.2 Å². The van der Waals surface area contributed by atoms with Gasteiger partial charge in [0.05, 0.1) is 22.9 Å². The van der Waals surface area contributed by atoms with Crippen molar-refractivity contribution in [2.45, 2.75) is 6.54 Å². The monoisotopic (exact) mass is 302 g/mol. The van der Waals surface area contributed by atoms with Gasteiger partial charge in [-0.05, 0) is 18.2 Å². The Balaban J connectivity index is 2.10. The third kappa shape index (κ3) is 3.82. The van der Waals surface area contributed by atoms with E-state index in [0.717, 1.165) is 10.7 Å². The van der Waals surface area contributed by atoms with Crippen molar-refractivity contribution in [3.63, 3.8) is 0 Å². The predicted octanol–water partition coefficient (Wildman–Crippen LogP) is 2.28. The molecule has 2 heterocycles. The van der Waals surface area contributed by atoms with Crippen LogP contribution < -0.4 is 16.0 Å². The molecule has 3 N–H and O–H groups in total. The maximum Gasteiger partial charge on any atom is 0.263 e. The van der Waals surface area contributed by atoms with Gasteiger partial charge in [-0.15, -0.1) is 17.9 Å². The second-order valence-corrected chi connectivity index (χ2v) is 5.58. The molecule has 0 fully saturated rings. The number of thiophene rings is 1. The lowest BCUT2D eigenvalue weighted by Gasteiger charge is -2.16. The Morgan fingerprint density at radius 1 is 1.57 bits per heavy atom. The van der Waals surface area contributed by atoms with Gasteiger partial charge < -0.3 is 16.0 Å². The van der Waals surface area contributed by atoms with Crippen LogP contribution >= 0.6 is 11.3 Å². The summed E-state index contributed by atoms with van der Waals surface area (Å²) in [5.41, 5.74) is 7.38. The van der Waals surface area contributed by atoms with E-state index in [4.69, 9.17) is 5.73 Å². The molecule has 0 spiro atoms. The van der Waals surface area contributed by atoms with Crippen molar-refractivity contribution in [1.82, 2.24) is 10.3 Å². The fraction of sp³-hybridized carbons (Fsp3) is 0.200. The normalized spacial score (nSPS) is 10.1. The van der Waals surface area contributed by atoms with Crippen molar-refractivity contribution < 1.29 is 4.79 Å². The first-order valence-corrected chi connectivity index (χ1v) is 7.33. The zero-order valence-electron chi connectivity index (χ0n) is 11.9. The van der Waals surface area contributed by atoms with E-state index in [0.29, 0.717) is 23.7 Å². The number of carbonyl (C=O) groups excluding carboxylic acids is 1. The molecule has 0 saturated carbocycles. The molecule has 2 rings (SSSR count). The third-order valence-electron chi connectivity index (χ3n) is 2.86. The van der Waals surface area contributed by atoms with Crippen LogP contribution in [0.1, 0.15) is 15.4 Å². The van der Waals surface area contributed by atoms with Gasteiger partial charge in [0.15, 0.2) is 0 Å². The molecule has 1 amide bonds. The van der Waals surface area contributed by atoms with Gasteiger partial charge in [-0.3, -0.25) is 9.78 Å². The maximum atomic E-state index is 12.0. The van der Waals surface area contributed by atoms with E-state index in [-0.39, 0.29) is 5.91 Å². The molecule has 0 saturated heterocycles. The number of nitrogens with two attached hydrogens (primary N) is 1. The van der Waals surface area contributed by atoms with Crippen LogP contribution in [0.4, 0.5) is 10.7 Å². The van der Waals surface area contributed by atoms with Gasteiger partial charge in [-0.25, -0.2) is 0 Å². The lowest BCUT2D eigenvalue weighted by atomic mass is 10.3. The summed E-state index contributed by atoms with van der Waals surface area (Å²) in [6.07, 6.45) is 3.40. The standard InChI is InChI=1S/C15H18N4OS/c1-3-7-18-15(20)14-12(16)9-13(21-14)19(2)10-11-6-4-5-8-17-11/h3-6,8-9H,1,7,10,16H2,2H3,(H,18,20). The summed E-state index contributed by atoms with van der Waals surface area (Å²) >= 11 is 1.37. The molecule has 0 aliphatic heterocycles. The molecule has 0 aliphatic carbocycles. The molecule has 110 valence electrons. The highest BCUT2D eigenvalue weighted by Gasteiger charge is 2.16. The Kier molecular flexibility index (Phi) is 4.94. The molecule has 0 aliphatic rings. The fourth-order valence-corrected chi connectivity index (χ4v) is 2.77. The van der Waals surface area contributed by atoms with Crippen molar-refractivity contribution in [3.05, 3.63) is 53.7 Å². The number of nitrogen functional groups attached to an aromatic ring is 1. The highest BCUT2D eigenvalue weighted by molar-refractivity contribution is 7.18. The Labute approximate surface area is 128 Å². The molecule has 6 heteroatoms. The number of hydrogen-bond acceptors (Lipinski definition) is 5. The Morgan fingerprint density at radius 3 is 3.05 bits per heavy atom. The quantitative estimate of drug-likeness (QED) is 0.803. The SMILES string of the molecule is C=CCNC(=O)c1sc(N(C)Cc2ccccn2)cc1N. The second-order valence-electron chi connectivity index (χ2n) is 4.54. The maximum absolute atomic E-state index is 12.0. The fourth-order valence-electron chi connectivity index (χ4n) is 1.81. The molecule has 2 aromatic heterocycles. The zero-order valence-corrected chi connectivity index (χ0v) is 12.7. The van der Waals surface area contributed by atoms with Crippen LogP contribution in [0, 0.1) is 0 Å². The van der Waals surface area contributed by atoms with Crippen LogP contribution in [-0.4, -0.2) is 24.5 Å². The first-order valence-electron chi connectivity index (χ1n) is 6.51. The predicted molar refractivity (Wildman–Crippen MR) is 87.6 cm³/mol. The largest absolute Gasteiger partial charge is 0.397 e. The van der Waals surface area contributed by atoms with E-state index >= 15 is 0 Å². The van der Waals surface area contributed by atoms with E-state index in [9.17, 15) is 4.79 Å². The number of nitrogens with zero attached hydrogens (tertiary/aromatic N) is 2. The number of amides is 1.